The van der Waals surface area contributed by atoms with Crippen molar-refractivity contribution in [2.24, 2.45) is 0 Å². The van der Waals surface area contributed by atoms with Crippen LogP contribution in [0.3, 0.4) is 0 Å². The van der Waals surface area contributed by atoms with E-state index in [1.807, 2.05) is 4.68 Å². The summed E-state index contributed by atoms with van der Waals surface area (Å²) in [6.07, 6.45) is 2.24. The number of hydrogen-bond acceptors (Lipinski definition) is 3. The first-order chi connectivity index (χ1) is 7.36. The van der Waals surface area contributed by atoms with Gasteiger partial charge in [-0.2, -0.15) is 5.10 Å². The standard InChI is InChI=1S/C10H14BrN3O/c11-9-8(7-2-3-12-6-7)10-14(13-9)4-1-5-15-10/h7,12H,1-6H2. The largest absolute Gasteiger partial charge is 0.478 e. The van der Waals surface area contributed by atoms with E-state index < -0.39 is 0 Å². The molecule has 3 rings (SSSR count). The first-order valence-corrected chi connectivity index (χ1v) is 6.25. The van der Waals surface area contributed by atoms with Crippen LogP contribution >= 0.6 is 15.9 Å². The Balaban J connectivity index is 2.01. The van der Waals surface area contributed by atoms with E-state index in [2.05, 4.69) is 26.3 Å². The molecule has 2 aliphatic heterocycles. The van der Waals surface area contributed by atoms with Gasteiger partial charge in [0.05, 0.1) is 12.2 Å². The summed E-state index contributed by atoms with van der Waals surface area (Å²) in [5.74, 6) is 1.54. The average molecular weight is 272 g/mol. The smallest absolute Gasteiger partial charge is 0.216 e. The lowest BCUT2D eigenvalue weighted by Crippen LogP contribution is -2.16. The van der Waals surface area contributed by atoms with E-state index in [0.29, 0.717) is 5.92 Å². The molecule has 1 unspecified atom stereocenters. The summed E-state index contributed by atoms with van der Waals surface area (Å²) in [5, 5.41) is 7.86. The fraction of sp³-hybridized carbons (Fsp3) is 0.700. The normalized spacial score (nSPS) is 25.0. The van der Waals surface area contributed by atoms with Crippen molar-refractivity contribution in [1.82, 2.24) is 15.1 Å². The zero-order valence-corrected chi connectivity index (χ0v) is 10.1. The minimum Gasteiger partial charge on any atom is -0.478 e. The molecule has 0 bridgehead atoms. The number of fused-ring (bicyclic) bond motifs is 1. The topological polar surface area (TPSA) is 39.1 Å². The Morgan fingerprint density at radius 2 is 2.47 bits per heavy atom. The van der Waals surface area contributed by atoms with Gasteiger partial charge in [0.15, 0.2) is 0 Å². The Kier molecular flexibility index (Phi) is 2.44. The highest BCUT2D eigenvalue weighted by Gasteiger charge is 2.28. The lowest BCUT2D eigenvalue weighted by atomic mass is 10.0. The number of aromatic nitrogens is 2. The molecule has 3 heterocycles. The third-order valence-corrected chi connectivity index (χ3v) is 3.70. The number of ether oxygens (including phenoxy) is 1. The van der Waals surface area contributed by atoms with Crippen molar-refractivity contribution in [3.63, 3.8) is 0 Å². The molecule has 0 spiro atoms. The van der Waals surface area contributed by atoms with Gasteiger partial charge < -0.3 is 10.1 Å². The molecule has 1 aromatic heterocycles. The third-order valence-electron chi connectivity index (χ3n) is 3.12. The van der Waals surface area contributed by atoms with Crippen LogP contribution in [-0.4, -0.2) is 29.5 Å². The molecule has 1 atom stereocenters. The molecule has 1 N–H and O–H groups in total. The first-order valence-electron chi connectivity index (χ1n) is 5.46. The van der Waals surface area contributed by atoms with E-state index in [4.69, 9.17) is 4.74 Å². The fourth-order valence-electron chi connectivity index (χ4n) is 2.36. The zero-order valence-electron chi connectivity index (χ0n) is 8.50. The average Bonchev–Trinajstić information content (AvgIpc) is 2.82. The van der Waals surface area contributed by atoms with E-state index in [1.165, 1.54) is 12.0 Å². The molecule has 0 aliphatic carbocycles. The molecule has 0 aromatic carbocycles. The number of hydrogen-bond donors (Lipinski definition) is 1. The number of nitrogens with zero attached hydrogens (tertiary/aromatic N) is 2. The lowest BCUT2D eigenvalue weighted by Gasteiger charge is -2.17. The molecule has 82 valence electrons. The Morgan fingerprint density at radius 1 is 1.53 bits per heavy atom. The molecule has 5 heteroatoms. The zero-order chi connectivity index (χ0) is 10.3. The third kappa shape index (κ3) is 1.58. The number of halogens is 1. The lowest BCUT2D eigenvalue weighted by molar-refractivity contribution is 0.227. The molecule has 1 fully saturated rings. The quantitative estimate of drug-likeness (QED) is 0.842. The van der Waals surface area contributed by atoms with Crippen LogP contribution in [0.1, 0.15) is 24.3 Å². The number of rotatable bonds is 1. The van der Waals surface area contributed by atoms with E-state index in [1.54, 1.807) is 0 Å². The van der Waals surface area contributed by atoms with Gasteiger partial charge in [0, 0.05) is 25.4 Å². The monoisotopic (exact) mass is 271 g/mol. The second kappa shape index (κ2) is 3.79. The van der Waals surface area contributed by atoms with Gasteiger partial charge in [-0.05, 0) is 28.9 Å². The summed E-state index contributed by atoms with van der Waals surface area (Å²) in [5.41, 5.74) is 1.26. The number of aryl methyl sites for hydroxylation is 1. The van der Waals surface area contributed by atoms with E-state index in [0.717, 1.165) is 43.1 Å². The molecule has 1 aromatic rings. The van der Waals surface area contributed by atoms with E-state index in [9.17, 15) is 0 Å². The summed E-state index contributed by atoms with van der Waals surface area (Å²) < 4.78 is 8.68. The highest BCUT2D eigenvalue weighted by molar-refractivity contribution is 9.10. The molecule has 2 aliphatic rings. The van der Waals surface area contributed by atoms with Gasteiger partial charge in [-0.25, -0.2) is 4.68 Å². The summed E-state index contributed by atoms with van der Waals surface area (Å²) in [6.45, 7) is 3.95. The van der Waals surface area contributed by atoms with Gasteiger partial charge in [0.1, 0.15) is 4.60 Å². The van der Waals surface area contributed by atoms with Crippen LogP contribution in [0.5, 0.6) is 5.88 Å². The molecule has 4 nitrogen and oxygen atoms in total. The van der Waals surface area contributed by atoms with Gasteiger partial charge in [-0.15, -0.1) is 0 Å². The summed E-state index contributed by atoms with van der Waals surface area (Å²) in [4.78, 5) is 0. The maximum atomic E-state index is 5.73. The highest BCUT2D eigenvalue weighted by atomic mass is 79.9. The number of nitrogens with one attached hydrogen (secondary N) is 1. The second-order valence-electron chi connectivity index (χ2n) is 4.12. The first kappa shape index (κ1) is 9.66. The second-order valence-corrected chi connectivity index (χ2v) is 4.88. The predicted octanol–water partition coefficient (Wildman–Crippen LogP) is 1.50. The van der Waals surface area contributed by atoms with Gasteiger partial charge in [-0.3, -0.25) is 0 Å². The van der Waals surface area contributed by atoms with Crippen molar-refractivity contribution in [3.05, 3.63) is 10.2 Å². The molecule has 1 saturated heterocycles. The van der Waals surface area contributed by atoms with Crippen molar-refractivity contribution in [3.8, 4) is 5.88 Å². The summed E-state index contributed by atoms with van der Waals surface area (Å²) >= 11 is 3.55. The van der Waals surface area contributed by atoms with E-state index in [-0.39, 0.29) is 0 Å². The Morgan fingerprint density at radius 3 is 3.27 bits per heavy atom. The van der Waals surface area contributed by atoms with E-state index >= 15 is 0 Å². The molecule has 0 saturated carbocycles. The van der Waals surface area contributed by atoms with Gasteiger partial charge >= 0.3 is 0 Å². The summed E-state index contributed by atoms with van der Waals surface area (Å²) in [7, 11) is 0. The van der Waals surface area contributed by atoms with Crippen LogP contribution in [0.4, 0.5) is 0 Å². The van der Waals surface area contributed by atoms with Crippen LogP contribution < -0.4 is 10.1 Å². The van der Waals surface area contributed by atoms with Crippen LogP contribution in [0, 0.1) is 0 Å². The molecule has 0 radical (unpaired) electrons. The van der Waals surface area contributed by atoms with Crippen molar-refractivity contribution < 1.29 is 4.74 Å². The minimum atomic E-state index is 0.557. The maximum absolute atomic E-state index is 5.73. The van der Waals surface area contributed by atoms with Crippen molar-refractivity contribution in [2.45, 2.75) is 25.3 Å². The maximum Gasteiger partial charge on any atom is 0.216 e. The Bertz CT molecular complexity index is 371. The van der Waals surface area contributed by atoms with Gasteiger partial charge in [0.2, 0.25) is 5.88 Å². The predicted molar refractivity (Wildman–Crippen MR) is 60.3 cm³/mol. The summed E-state index contributed by atoms with van der Waals surface area (Å²) in [6, 6.07) is 0. The molecule has 0 amide bonds. The van der Waals surface area contributed by atoms with Crippen molar-refractivity contribution in [2.75, 3.05) is 19.7 Å². The molecular weight excluding hydrogens is 258 g/mol. The fourth-order valence-corrected chi connectivity index (χ4v) is 3.05. The highest BCUT2D eigenvalue weighted by Crippen LogP contribution is 2.37. The van der Waals surface area contributed by atoms with Gasteiger partial charge in [0.25, 0.3) is 0 Å². The van der Waals surface area contributed by atoms with Crippen molar-refractivity contribution in [1.29, 1.82) is 0 Å². The SMILES string of the molecule is Brc1nn2c(c1C1CCNC1)OCCC2. The van der Waals surface area contributed by atoms with Gasteiger partial charge in [-0.1, -0.05) is 0 Å². The van der Waals surface area contributed by atoms with Crippen LogP contribution in [0.25, 0.3) is 0 Å². The Hall–Kier alpha value is -0.550. The minimum absolute atomic E-state index is 0.557. The van der Waals surface area contributed by atoms with Crippen LogP contribution in [0.15, 0.2) is 4.60 Å². The van der Waals surface area contributed by atoms with Crippen molar-refractivity contribution >= 4 is 15.9 Å². The van der Waals surface area contributed by atoms with Crippen LogP contribution in [-0.2, 0) is 6.54 Å². The molecular formula is C10H14BrN3O. The van der Waals surface area contributed by atoms with Crippen LogP contribution in [0.2, 0.25) is 0 Å². The Labute approximate surface area is 97.1 Å². The molecule has 15 heavy (non-hydrogen) atoms.